The van der Waals surface area contributed by atoms with Crippen LogP contribution in [0.4, 0.5) is 0 Å². The van der Waals surface area contributed by atoms with Crippen molar-refractivity contribution in [3.05, 3.63) is 0 Å². The van der Waals surface area contributed by atoms with E-state index >= 15 is 0 Å². The molecule has 0 aromatic heterocycles. The molecule has 1 aliphatic carbocycles. The highest BCUT2D eigenvalue weighted by atomic mass is 16.2. The molecule has 0 radical (unpaired) electrons. The molecule has 1 amide bonds. The van der Waals surface area contributed by atoms with Gasteiger partial charge < -0.3 is 4.90 Å². The van der Waals surface area contributed by atoms with E-state index in [9.17, 15) is 4.79 Å². The topological polar surface area (TPSA) is 32.3 Å². The van der Waals surface area contributed by atoms with Gasteiger partial charge in [-0.15, -0.1) is 0 Å². The fourth-order valence-electron chi connectivity index (χ4n) is 2.58. The second-order valence-electron chi connectivity index (χ2n) is 4.72. The number of hydrogen-bond acceptors (Lipinski definition) is 2. The highest BCUT2D eigenvalue weighted by Gasteiger charge is 2.28. The summed E-state index contributed by atoms with van der Waals surface area (Å²) in [6.07, 6.45) is 6.32. The Morgan fingerprint density at radius 1 is 1.29 bits per heavy atom. The summed E-state index contributed by atoms with van der Waals surface area (Å²) in [5.41, 5.74) is 0. The van der Waals surface area contributed by atoms with Crippen molar-refractivity contribution in [2.45, 2.75) is 45.1 Å². The van der Waals surface area contributed by atoms with Gasteiger partial charge in [-0.25, -0.2) is 0 Å². The first-order valence-electron chi connectivity index (χ1n) is 5.77. The highest BCUT2D eigenvalue weighted by Crippen LogP contribution is 2.26. The maximum absolute atomic E-state index is 11.5. The summed E-state index contributed by atoms with van der Waals surface area (Å²) < 4.78 is 0. The van der Waals surface area contributed by atoms with Gasteiger partial charge in [0.1, 0.15) is 0 Å². The summed E-state index contributed by atoms with van der Waals surface area (Å²) in [5.74, 6) is 1.15. The molecule has 2 atom stereocenters. The zero-order valence-electron chi connectivity index (χ0n) is 8.96. The molecule has 1 heterocycles. The molecule has 14 heavy (non-hydrogen) atoms. The van der Waals surface area contributed by atoms with Crippen LogP contribution in [0.15, 0.2) is 0 Å². The standard InChI is InChI=1S/C11H20N2O/c1-9-3-2-4-10(6-5-9)13-8-12-7-11(13)14/h9-10,12H,2-8H2,1H3. The van der Waals surface area contributed by atoms with Gasteiger partial charge >= 0.3 is 0 Å². The number of rotatable bonds is 1. The van der Waals surface area contributed by atoms with E-state index in [4.69, 9.17) is 0 Å². The third-order valence-electron chi connectivity index (χ3n) is 3.55. The second-order valence-corrected chi connectivity index (χ2v) is 4.72. The Kier molecular flexibility index (Phi) is 3.06. The molecule has 2 unspecified atom stereocenters. The van der Waals surface area contributed by atoms with Crippen LogP contribution in [0.1, 0.15) is 39.0 Å². The predicted octanol–water partition coefficient (Wildman–Crippen LogP) is 1.34. The molecular weight excluding hydrogens is 176 g/mol. The molecule has 3 nitrogen and oxygen atoms in total. The van der Waals surface area contributed by atoms with Crippen molar-refractivity contribution in [1.29, 1.82) is 0 Å². The normalized spacial score (nSPS) is 34.6. The largest absolute Gasteiger partial charge is 0.326 e. The fourth-order valence-corrected chi connectivity index (χ4v) is 2.58. The maximum Gasteiger partial charge on any atom is 0.237 e. The molecule has 0 spiro atoms. The van der Waals surface area contributed by atoms with E-state index in [2.05, 4.69) is 12.2 Å². The van der Waals surface area contributed by atoms with E-state index in [0.717, 1.165) is 12.6 Å². The number of amides is 1. The summed E-state index contributed by atoms with van der Waals surface area (Å²) >= 11 is 0. The van der Waals surface area contributed by atoms with Crippen LogP contribution in [0.3, 0.4) is 0 Å². The van der Waals surface area contributed by atoms with Crippen LogP contribution in [0.25, 0.3) is 0 Å². The summed E-state index contributed by atoms with van der Waals surface area (Å²) in [7, 11) is 0. The van der Waals surface area contributed by atoms with Crippen molar-refractivity contribution < 1.29 is 4.79 Å². The number of nitrogens with one attached hydrogen (secondary N) is 1. The van der Waals surface area contributed by atoms with Gasteiger partial charge in [0.15, 0.2) is 0 Å². The van der Waals surface area contributed by atoms with E-state index in [1.54, 1.807) is 0 Å². The van der Waals surface area contributed by atoms with Gasteiger partial charge in [-0.2, -0.15) is 0 Å². The molecule has 0 bridgehead atoms. The van der Waals surface area contributed by atoms with E-state index in [1.165, 1.54) is 32.1 Å². The van der Waals surface area contributed by atoms with Crippen LogP contribution in [0, 0.1) is 5.92 Å². The number of nitrogens with zero attached hydrogens (tertiary/aromatic N) is 1. The van der Waals surface area contributed by atoms with Crippen LogP contribution < -0.4 is 5.32 Å². The van der Waals surface area contributed by atoms with Gasteiger partial charge in [-0.3, -0.25) is 10.1 Å². The average Bonchev–Trinajstić information content (AvgIpc) is 2.46. The maximum atomic E-state index is 11.5. The smallest absolute Gasteiger partial charge is 0.237 e. The minimum atomic E-state index is 0.296. The summed E-state index contributed by atoms with van der Waals surface area (Å²) in [6, 6.07) is 0.516. The summed E-state index contributed by atoms with van der Waals surface area (Å²) in [6.45, 7) is 3.65. The first-order chi connectivity index (χ1) is 6.77. The van der Waals surface area contributed by atoms with Gasteiger partial charge in [-0.1, -0.05) is 19.8 Å². The molecule has 0 aromatic carbocycles. The molecule has 2 rings (SSSR count). The van der Waals surface area contributed by atoms with Crippen molar-refractivity contribution in [2.24, 2.45) is 5.92 Å². The van der Waals surface area contributed by atoms with E-state index in [0.29, 0.717) is 18.5 Å². The molecule has 1 N–H and O–H groups in total. The molecule has 2 aliphatic rings. The Bertz CT molecular complexity index is 217. The lowest BCUT2D eigenvalue weighted by molar-refractivity contribution is -0.128. The Morgan fingerprint density at radius 3 is 2.86 bits per heavy atom. The highest BCUT2D eigenvalue weighted by molar-refractivity contribution is 5.80. The van der Waals surface area contributed by atoms with E-state index < -0.39 is 0 Å². The number of carbonyl (C=O) groups excluding carboxylic acids is 1. The van der Waals surface area contributed by atoms with Gasteiger partial charge in [0, 0.05) is 6.04 Å². The Balaban J connectivity index is 1.93. The monoisotopic (exact) mass is 196 g/mol. The lowest BCUT2D eigenvalue weighted by Gasteiger charge is -2.25. The summed E-state index contributed by atoms with van der Waals surface area (Å²) in [5, 5.41) is 3.13. The lowest BCUT2D eigenvalue weighted by Crippen LogP contribution is -2.37. The molecule has 1 aliphatic heterocycles. The quantitative estimate of drug-likeness (QED) is 0.642. The number of hydrogen-bond donors (Lipinski definition) is 1. The van der Waals surface area contributed by atoms with Crippen molar-refractivity contribution in [3.63, 3.8) is 0 Å². The van der Waals surface area contributed by atoms with Crippen LogP contribution in [-0.2, 0) is 4.79 Å². The van der Waals surface area contributed by atoms with E-state index in [1.807, 2.05) is 4.90 Å². The zero-order chi connectivity index (χ0) is 9.97. The van der Waals surface area contributed by atoms with Crippen LogP contribution in [0.5, 0.6) is 0 Å². The first kappa shape index (κ1) is 9.97. The Hall–Kier alpha value is -0.570. The van der Waals surface area contributed by atoms with Crippen molar-refractivity contribution in [3.8, 4) is 0 Å². The SMILES string of the molecule is CC1CCCC(N2CNCC2=O)CC1. The van der Waals surface area contributed by atoms with Crippen molar-refractivity contribution >= 4 is 5.91 Å². The summed E-state index contributed by atoms with van der Waals surface area (Å²) in [4.78, 5) is 13.6. The van der Waals surface area contributed by atoms with Gasteiger partial charge in [0.05, 0.1) is 13.2 Å². The van der Waals surface area contributed by atoms with Gasteiger partial charge in [-0.05, 0) is 25.2 Å². The van der Waals surface area contributed by atoms with Crippen molar-refractivity contribution in [2.75, 3.05) is 13.2 Å². The average molecular weight is 196 g/mol. The lowest BCUT2D eigenvalue weighted by atomic mass is 10.0. The third kappa shape index (κ3) is 2.08. The molecule has 2 fully saturated rings. The van der Waals surface area contributed by atoms with E-state index in [-0.39, 0.29) is 0 Å². The minimum absolute atomic E-state index is 0.296. The first-order valence-corrected chi connectivity index (χ1v) is 5.77. The Morgan fingerprint density at radius 2 is 2.14 bits per heavy atom. The van der Waals surface area contributed by atoms with Crippen LogP contribution in [-0.4, -0.2) is 30.1 Å². The zero-order valence-corrected chi connectivity index (χ0v) is 8.96. The molecular formula is C11H20N2O. The molecule has 1 saturated carbocycles. The third-order valence-corrected chi connectivity index (χ3v) is 3.55. The van der Waals surface area contributed by atoms with Crippen LogP contribution >= 0.6 is 0 Å². The van der Waals surface area contributed by atoms with Gasteiger partial charge in [0.25, 0.3) is 0 Å². The molecule has 1 saturated heterocycles. The molecule has 0 aromatic rings. The number of carbonyl (C=O) groups is 1. The predicted molar refractivity (Wildman–Crippen MR) is 55.8 cm³/mol. The van der Waals surface area contributed by atoms with Crippen molar-refractivity contribution in [1.82, 2.24) is 10.2 Å². The second kappa shape index (κ2) is 4.30. The minimum Gasteiger partial charge on any atom is -0.326 e. The molecule has 3 heteroatoms. The Labute approximate surface area is 85.8 Å². The van der Waals surface area contributed by atoms with Gasteiger partial charge in [0.2, 0.25) is 5.91 Å². The fraction of sp³-hybridized carbons (Fsp3) is 0.909. The van der Waals surface area contributed by atoms with Crippen LogP contribution in [0.2, 0.25) is 0 Å². The molecule has 80 valence electrons.